The number of allylic oxidation sites excluding steroid dienone is 2. The lowest BCUT2D eigenvalue weighted by Crippen LogP contribution is -2.62. The molecule has 8 amide bonds. The third kappa shape index (κ3) is 16.4. The van der Waals surface area contributed by atoms with Crippen molar-refractivity contribution >= 4 is 35.7 Å². The van der Waals surface area contributed by atoms with Crippen molar-refractivity contribution in [3.8, 4) is 0 Å². The van der Waals surface area contributed by atoms with Gasteiger partial charge in [0.1, 0.15) is 6.42 Å². The Balaban J connectivity index is 0.000000266. The monoisotopic (exact) mass is 690 g/mol. The number of carbonyl (C=O) groups is 6. The number of nitrogens with one attached hydrogen (secondary N) is 10. The van der Waals surface area contributed by atoms with Crippen LogP contribution < -0.4 is 53.2 Å². The van der Waals surface area contributed by atoms with E-state index in [-0.39, 0.29) is 53.2 Å². The fourth-order valence-corrected chi connectivity index (χ4v) is 5.98. The van der Waals surface area contributed by atoms with Crippen LogP contribution >= 0.6 is 0 Å². The van der Waals surface area contributed by atoms with Gasteiger partial charge in [-0.2, -0.15) is 0 Å². The van der Waals surface area contributed by atoms with E-state index in [1.165, 1.54) is 25.0 Å². The van der Waals surface area contributed by atoms with E-state index >= 15 is 0 Å². The second-order valence-corrected chi connectivity index (χ2v) is 13.3. The van der Waals surface area contributed by atoms with Crippen molar-refractivity contribution in [3.63, 3.8) is 0 Å². The van der Waals surface area contributed by atoms with E-state index in [0.29, 0.717) is 13.1 Å². The molecule has 0 radical (unpaired) electrons. The molecule has 2 fully saturated rings. The molecular formula is C33H58N10O6. The highest BCUT2D eigenvalue weighted by Crippen LogP contribution is 2.28. The van der Waals surface area contributed by atoms with Crippen molar-refractivity contribution in [1.29, 1.82) is 0 Å². The van der Waals surface area contributed by atoms with Gasteiger partial charge in [-0.3, -0.25) is 19.2 Å². The predicted molar refractivity (Wildman–Crippen MR) is 186 cm³/mol. The number of amides is 8. The van der Waals surface area contributed by atoms with Crippen molar-refractivity contribution in [2.75, 3.05) is 13.1 Å². The topological polar surface area (TPSA) is 223 Å². The third-order valence-electron chi connectivity index (χ3n) is 8.38. The Morgan fingerprint density at radius 1 is 0.633 bits per heavy atom. The molecule has 0 aromatic rings. The van der Waals surface area contributed by atoms with Crippen LogP contribution in [0.15, 0.2) is 23.5 Å². The number of urea groups is 2. The molecule has 4 rings (SSSR count). The number of rotatable bonds is 8. The summed E-state index contributed by atoms with van der Waals surface area (Å²) in [6.07, 6.45) is 12.8. The SMILES string of the molecule is CC1=CC(=O)NC(NC(=O)NC2(C)CCCCC2)N1.CC1=CC(=O)NC(NC(=O)NC2(C)CCCCC2)N1.CCNC(=O)CC(=O)NCC. The van der Waals surface area contributed by atoms with E-state index in [0.717, 1.165) is 62.8 Å². The van der Waals surface area contributed by atoms with E-state index < -0.39 is 12.6 Å². The summed E-state index contributed by atoms with van der Waals surface area (Å²) in [6.45, 7) is 12.5. The minimum absolute atomic E-state index is 0.0678. The molecule has 2 saturated carbocycles. The second-order valence-electron chi connectivity index (χ2n) is 13.3. The van der Waals surface area contributed by atoms with Crippen molar-refractivity contribution < 1.29 is 28.8 Å². The first-order valence-corrected chi connectivity index (χ1v) is 17.4. The maximum Gasteiger partial charge on any atom is 0.318 e. The Hall–Kier alpha value is -4.50. The first-order valence-electron chi connectivity index (χ1n) is 17.4. The smallest absolute Gasteiger partial charge is 0.318 e. The molecular weight excluding hydrogens is 632 g/mol. The summed E-state index contributed by atoms with van der Waals surface area (Å²) in [5.41, 5.74) is 1.20. The van der Waals surface area contributed by atoms with Gasteiger partial charge in [-0.25, -0.2) is 9.59 Å². The molecule has 0 aromatic heterocycles. The van der Waals surface area contributed by atoms with E-state index in [2.05, 4.69) is 67.0 Å². The summed E-state index contributed by atoms with van der Waals surface area (Å²) < 4.78 is 0. The van der Waals surface area contributed by atoms with E-state index in [9.17, 15) is 28.8 Å². The van der Waals surface area contributed by atoms with Gasteiger partial charge < -0.3 is 53.2 Å². The van der Waals surface area contributed by atoms with Crippen LogP contribution in [0, 0.1) is 0 Å². The Morgan fingerprint density at radius 2 is 0.980 bits per heavy atom. The molecule has 16 nitrogen and oxygen atoms in total. The van der Waals surface area contributed by atoms with E-state index in [1.807, 2.05) is 13.8 Å². The lowest BCUT2D eigenvalue weighted by Gasteiger charge is -2.35. The zero-order valence-electron chi connectivity index (χ0n) is 30.0. The van der Waals surface area contributed by atoms with Gasteiger partial charge in [0.05, 0.1) is 0 Å². The Kier molecular flexibility index (Phi) is 16.7. The number of hydrogen-bond acceptors (Lipinski definition) is 8. The minimum atomic E-state index is -0.551. The van der Waals surface area contributed by atoms with E-state index in [1.54, 1.807) is 13.8 Å². The first-order chi connectivity index (χ1) is 23.1. The largest absolute Gasteiger partial charge is 0.356 e. The fraction of sp³-hybridized carbons (Fsp3) is 0.697. The summed E-state index contributed by atoms with van der Waals surface area (Å²) in [4.78, 5) is 68.1. The Morgan fingerprint density at radius 3 is 1.29 bits per heavy atom. The van der Waals surface area contributed by atoms with Crippen LogP contribution in [-0.2, 0) is 19.2 Å². The molecule has 2 unspecified atom stereocenters. The molecule has 0 spiro atoms. The van der Waals surface area contributed by atoms with Crippen LogP contribution in [0.5, 0.6) is 0 Å². The summed E-state index contributed by atoms with van der Waals surface area (Å²) in [6, 6.07) is -0.506. The second kappa shape index (κ2) is 20.1. The molecule has 2 heterocycles. The van der Waals surface area contributed by atoms with Gasteiger partial charge in [0, 0.05) is 47.7 Å². The van der Waals surface area contributed by atoms with Crippen LogP contribution in [0.25, 0.3) is 0 Å². The van der Waals surface area contributed by atoms with Gasteiger partial charge in [0.2, 0.25) is 23.6 Å². The van der Waals surface area contributed by atoms with Gasteiger partial charge in [-0.05, 0) is 67.2 Å². The van der Waals surface area contributed by atoms with Gasteiger partial charge in [0.25, 0.3) is 0 Å². The summed E-state index contributed by atoms with van der Waals surface area (Å²) in [5, 5.41) is 27.8. The highest BCUT2D eigenvalue weighted by Gasteiger charge is 2.30. The van der Waals surface area contributed by atoms with Gasteiger partial charge in [-0.15, -0.1) is 0 Å². The summed E-state index contributed by atoms with van der Waals surface area (Å²) >= 11 is 0. The zero-order valence-corrected chi connectivity index (χ0v) is 30.0. The maximum atomic E-state index is 12.0. The van der Waals surface area contributed by atoms with Crippen molar-refractivity contribution in [3.05, 3.63) is 23.5 Å². The van der Waals surface area contributed by atoms with Gasteiger partial charge >= 0.3 is 12.1 Å². The number of carbonyl (C=O) groups excluding carboxylic acids is 6. The highest BCUT2D eigenvalue weighted by atomic mass is 16.2. The average Bonchev–Trinajstić information content (AvgIpc) is 2.97. The molecule has 49 heavy (non-hydrogen) atoms. The molecule has 2 aliphatic carbocycles. The van der Waals surface area contributed by atoms with Crippen LogP contribution in [-0.4, -0.2) is 72.4 Å². The zero-order chi connectivity index (χ0) is 36.5. The molecule has 0 aromatic carbocycles. The molecule has 10 N–H and O–H groups in total. The summed E-state index contributed by atoms with van der Waals surface area (Å²) in [7, 11) is 0. The molecule has 276 valence electrons. The molecule has 0 saturated heterocycles. The maximum absolute atomic E-state index is 12.0. The number of hydrogen-bond donors (Lipinski definition) is 10. The highest BCUT2D eigenvalue weighted by molar-refractivity contribution is 5.96. The first kappa shape index (κ1) is 40.7. The standard InChI is InChI=1S/2C13H22N4O2.C7H14N2O2/c2*1-9-8-10(18)15-11(14-9)16-12(19)17-13(2)6-4-3-5-7-13;1-3-8-6(10)5-7(11)9-4-2/h2*8,11,14H,3-7H2,1-2H3,(H,15,18)(H2,16,17,19);3-5H2,1-2H3,(H,8,10)(H,9,11). The quantitative estimate of drug-likeness (QED) is 0.168. The van der Waals surface area contributed by atoms with Crippen LogP contribution in [0.1, 0.15) is 112 Å². The van der Waals surface area contributed by atoms with E-state index in [4.69, 9.17) is 0 Å². The molecule has 2 aliphatic heterocycles. The molecule has 16 heteroatoms. The Bertz CT molecular complexity index is 1130. The van der Waals surface area contributed by atoms with Gasteiger partial charge in [0.15, 0.2) is 12.6 Å². The van der Waals surface area contributed by atoms with Crippen molar-refractivity contribution in [2.24, 2.45) is 0 Å². The lowest BCUT2D eigenvalue weighted by atomic mass is 9.83. The van der Waals surface area contributed by atoms with Crippen molar-refractivity contribution in [2.45, 2.75) is 136 Å². The average molecular weight is 691 g/mol. The van der Waals surface area contributed by atoms with Crippen LogP contribution in [0.3, 0.4) is 0 Å². The molecule has 4 aliphatic rings. The predicted octanol–water partition coefficient (Wildman–Crippen LogP) is 1.48. The van der Waals surface area contributed by atoms with Gasteiger partial charge in [-0.1, -0.05) is 38.5 Å². The van der Waals surface area contributed by atoms with Crippen molar-refractivity contribution in [1.82, 2.24) is 53.2 Å². The lowest BCUT2D eigenvalue weighted by molar-refractivity contribution is -0.129. The van der Waals surface area contributed by atoms with Crippen LogP contribution in [0.4, 0.5) is 9.59 Å². The van der Waals surface area contributed by atoms with Crippen LogP contribution in [0.2, 0.25) is 0 Å². The molecule has 2 atom stereocenters. The third-order valence-corrected chi connectivity index (χ3v) is 8.38. The fourth-order valence-electron chi connectivity index (χ4n) is 5.98. The minimum Gasteiger partial charge on any atom is -0.356 e. The summed E-state index contributed by atoms with van der Waals surface area (Å²) in [5.74, 6) is -0.854. The molecule has 0 bridgehead atoms. The Labute approximate surface area is 289 Å². The normalized spacial score (nSPS) is 21.9.